The van der Waals surface area contributed by atoms with Gasteiger partial charge in [0.2, 0.25) is 11.8 Å². The predicted octanol–water partition coefficient (Wildman–Crippen LogP) is 1.10. The van der Waals surface area contributed by atoms with E-state index in [0.717, 1.165) is 11.1 Å². The van der Waals surface area contributed by atoms with Crippen LogP contribution >= 0.6 is 0 Å². The van der Waals surface area contributed by atoms with Crippen LogP contribution in [0.3, 0.4) is 0 Å². The Morgan fingerprint density at radius 1 is 1.12 bits per heavy atom. The summed E-state index contributed by atoms with van der Waals surface area (Å²) >= 11 is 0. The molecule has 2 aliphatic rings. The molecule has 7 nitrogen and oxygen atoms in total. The van der Waals surface area contributed by atoms with Gasteiger partial charge in [0.15, 0.2) is 11.5 Å². The van der Waals surface area contributed by atoms with E-state index in [2.05, 4.69) is 10.7 Å². The van der Waals surface area contributed by atoms with Crippen LogP contribution in [0.15, 0.2) is 48.5 Å². The molecule has 2 amide bonds. The number of hydrogen-bond acceptors (Lipinski definition) is 6. The largest absolute Gasteiger partial charge is 0.504 e. The van der Waals surface area contributed by atoms with Crippen molar-refractivity contribution in [3.63, 3.8) is 0 Å². The molecule has 2 aromatic rings. The van der Waals surface area contributed by atoms with Gasteiger partial charge >= 0.3 is 0 Å². The van der Waals surface area contributed by atoms with E-state index in [1.54, 1.807) is 12.1 Å². The molecule has 2 aromatic carbocycles. The van der Waals surface area contributed by atoms with Crippen molar-refractivity contribution in [3.05, 3.63) is 59.7 Å². The number of hydrogen-bond donors (Lipinski definition) is 3. The molecule has 0 aliphatic carbocycles. The van der Waals surface area contributed by atoms with Gasteiger partial charge in [-0.15, -0.1) is 0 Å². The molecule has 2 aliphatic heterocycles. The smallest absolute Gasteiger partial charge is 0.246 e. The lowest BCUT2D eigenvalue weighted by Crippen LogP contribution is -2.43. The molecular weight excluding hydrogens is 334 g/mol. The Morgan fingerprint density at radius 2 is 1.88 bits per heavy atom. The van der Waals surface area contributed by atoms with Gasteiger partial charge in [0.1, 0.15) is 6.04 Å². The molecule has 0 aromatic heterocycles. The lowest BCUT2D eigenvalue weighted by Gasteiger charge is -2.22. The molecule has 2 heterocycles. The molecule has 0 saturated carbocycles. The van der Waals surface area contributed by atoms with Gasteiger partial charge in [0.25, 0.3) is 0 Å². The van der Waals surface area contributed by atoms with Crippen LogP contribution < -0.4 is 15.5 Å². The zero-order valence-corrected chi connectivity index (χ0v) is 14.2. The first-order chi connectivity index (χ1) is 12.6. The van der Waals surface area contributed by atoms with Gasteiger partial charge in [-0.2, -0.15) is 0 Å². The number of carbonyl (C=O) groups excluding carboxylic acids is 2. The molecule has 0 radical (unpaired) electrons. The van der Waals surface area contributed by atoms with Crippen molar-refractivity contribution >= 4 is 11.8 Å². The maximum atomic E-state index is 12.4. The number of hydrazine groups is 1. The van der Waals surface area contributed by atoms with Crippen molar-refractivity contribution in [2.24, 2.45) is 5.92 Å². The zero-order chi connectivity index (χ0) is 18.3. The van der Waals surface area contributed by atoms with Crippen molar-refractivity contribution < 1.29 is 19.4 Å². The summed E-state index contributed by atoms with van der Waals surface area (Å²) in [5, 5.41) is 14.1. The van der Waals surface area contributed by atoms with Gasteiger partial charge in [-0.05, 0) is 23.3 Å². The molecule has 2 saturated heterocycles. The van der Waals surface area contributed by atoms with Gasteiger partial charge in [-0.3, -0.25) is 14.9 Å². The summed E-state index contributed by atoms with van der Waals surface area (Å²) in [6.07, 6.45) is 0. The van der Waals surface area contributed by atoms with E-state index in [1.807, 2.05) is 35.3 Å². The Morgan fingerprint density at radius 3 is 2.62 bits per heavy atom. The number of aromatic hydroxyl groups is 1. The number of benzene rings is 2. The van der Waals surface area contributed by atoms with Crippen LogP contribution in [0.2, 0.25) is 0 Å². The minimum Gasteiger partial charge on any atom is -0.504 e. The van der Waals surface area contributed by atoms with Crippen molar-refractivity contribution in [2.75, 3.05) is 7.11 Å². The lowest BCUT2D eigenvalue weighted by molar-refractivity contribution is -0.127. The van der Waals surface area contributed by atoms with E-state index in [9.17, 15) is 14.7 Å². The topological polar surface area (TPSA) is 90.9 Å². The number of phenolic OH excluding ortho intramolecular Hbond substituents is 1. The maximum absolute atomic E-state index is 12.4. The number of phenols is 1. The highest BCUT2D eigenvalue weighted by Gasteiger charge is 2.54. The van der Waals surface area contributed by atoms with Gasteiger partial charge in [-0.1, -0.05) is 36.4 Å². The summed E-state index contributed by atoms with van der Waals surface area (Å²) in [5.74, 6) is -0.775. The van der Waals surface area contributed by atoms with E-state index in [0.29, 0.717) is 12.3 Å². The maximum Gasteiger partial charge on any atom is 0.246 e. The van der Waals surface area contributed by atoms with Gasteiger partial charge in [-0.25, -0.2) is 10.4 Å². The summed E-state index contributed by atoms with van der Waals surface area (Å²) in [6.45, 7) is 0.494. The summed E-state index contributed by atoms with van der Waals surface area (Å²) < 4.78 is 5.17. The Kier molecular flexibility index (Phi) is 4.10. The summed E-state index contributed by atoms with van der Waals surface area (Å²) in [5.41, 5.74) is 5.11. The average Bonchev–Trinajstić information content (AvgIpc) is 3.16. The SMILES string of the molecule is COc1cc(C2NN(Cc3ccccc3)C3C(=O)NC(=O)C23)ccc1O. The normalized spacial score (nSPS) is 25.2. The molecular formula is C19H19N3O4. The van der Waals surface area contributed by atoms with Gasteiger partial charge in [0.05, 0.1) is 19.1 Å². The molecule has 2 fully saturated rings. The highest BCUT2D eigenvalue weighted by Crippen LogP contribution is 2.39. The van der Waals surface area contributed by atoms with Crippen molar-refractivity contribution in [3.8, 4) is 11.5 Å². The minimum atomic E-state index is -0.576. The van der Waals surface area contributed by atoms with Crippen molar-refractivity contribution in [1.29, 1.82) is 0 Å². The number of imide groups is 1. The Labute approximate surface area is 150 Å². The summed E-state index contributed by atoms with van der Waals surface area (Å²) in [6, 6.07) is 13.7. The number of nitrogens with zero attached hydrogens (tertiary/aromatic N) is 1. The number of amides is 2. The molecule has 134 valence electrons. The predicted molar refractivity (Wildman–Crippen MR) is 92.9 cm³/mol. The Hall–Kier alpha value is -2.90. The van der Waals surface area contributed by atoms with Crippen LogP contribution in [0.5, 0.6) is 11.5 Å². The third-order valence-electron chi connectivity index (χ3n) is 4.92. The first kappa shape index (κ1) is 16.6. The van der Waals surface area contributed by atoms with E-state index in [1.165, 1.54) is 13.2 Å². The molecule has 3 unspecified atom stereocenters. The molecule has 3 N–H and O–H groups in total. The molecule has 0 bridgehead atoms. The second-order valence-electron chi connectivity index (χ2n) is 6.48. The van der Waals surface area contributed by atoms with Crippen LogP contribution in [-0.4, -0.2) is 35.1 Å². The lowest BCUT2D eigenvalue weighted by atomic mass is 9.90. The summed E-state index contributed by atoms with van der Waals surface area (Å²) in [4.78, 5) is 24.7. The zero-order valence-electron chi connectivity index (χ0n) is 14.2. The van der Waals surface area contributed by atoms with Crippen LogP contribution in [0, 0.1) is 5.92 Å². The van der Waals surface area contributed by atoms with Gasteiger partial charge < -0.3 is 9.84 Å². The third-order valence-corrected chi connectivity index (χ3v) is 4.92. The molecule has 26 heavy (non-hydrogen) atoms. The van der Waals surface area contributed by atoms with Gasteiger partial charge in [0, 0.05) is 6.54 Å². The highest BCUT2D eigenvalue weighted by molar-refractivity contribution is 6.07. The second-order valence-corrected chi connectivity index (χ2v) is 6.48. The fourth-order valence-corrected chi connectivity index (χ4v) is 3.69. The van der Waals surface area contributed by atoms with Crippen LogP contribution in [0.25, 0.3) is 0 Å². The van der Waals surface area contributed by atoms with Crippen LogP contribution in [0.1, 0.15) is 17.2 Å². The van der Waals surface area contributed by atoms with Crippen molar-refractivity contribution in [2.45, 2.75) is 18.6 Å². The standard InChI is InChI=1S/C19H19N3O4/c1-26-14-9-12(7-8-13(14)23)16-15-17(19(25)20-18(15)24)22(21-16)10-11-5-3-2-4-6-11/h2-9,15-17,21,23H,10H2,1H3,(H,20,24,25). The second kappa shape index (κ2) is 6.44. The number of ether oxygens (including phenoxy) is 1. The fourth-order valence-electron chi connectivity index (χ4n) is 3.69. The number of nitrogens with one attached hydrogen (secondary N) is 2. The first-order valence-corrected chi connectivity index (χ1v) is 8.37. The molecule has 0 spiro atoms. The number of fused-ring (bicyclic) bond motifs is 1. The van der Waals surface area contributed by atoms with E-state index >= 15 is 0 Å². The molecule has 4 rings (SSSR count). The quantitative estimate of drug-likeness (QED) is 0.713. The van der Waals surface area contributed by atoms with E-state index < -0.39 is 12.0 Å². The fraction of sp³-hybridized carbons (Fsp3) is 0.263. The number of carbonyl (C=O) groups is 2. The molecule has 7 heteroatoms. The van der Waals surface area contributed by atoms with Crippen molar-refractivity contribution in [1.82, 2.24) is 15.8 Å². The van der Waals surface area contributed by atoms with E-state index in [-0.39, 0.29) is 23.6 Å². The number of methoxy groups -OCH3 is 1. The average molecular weight is 353 g/mol. The third kappa shape index (κ3) is 2.71. The van der Waals surface area contributed by atoms with E-state index in [4.69, 9.17) is 4.74 Å². The highest BCUT2D eigenvalue weighted by atomic mass is 16.5. The first-order valence-electron chi connectivity index (χ1n) is 8.37. The Bertz CT molecular complexity index is 855. The molecule has 3 atom stereocenters. The Balaban J connectivity index is 1.67. The van der Waals surface area contributed by atoms with Crippen LogP contribution in [-0.2, 0) is 16.1 Å². The van der Waals surface area contributed by atoms with Crippen LogP contribution in [0.4, 0.5) is 0 Å². The number of rotatable bonds is 4. The monoisotopic (exact) mass is 353 g/mol. The summed E-state index contributed by atoms with van der Waals surface area (Å²) in [7, 11) is 1.47. The minimum absolute atomic E-state index is 0.0267.